The molecule has 0 aliphatic rings. The van der Waals surface area contributed by atoms with E-state index in [1.54, 1.807) is 19.2 Å². The fraction of sp³-hybridized carbons (Fsp3) is 0.348. The number of alkyl halides is 3. The third-order valence-electron chi connectivity index (χ3n) is 4.84. The Kier molecular flexibility index (Phi) is 8.55. The Morgan fingerprint density at radius 3 is 2.46 bits per heavy atom. The molecule has 0 saturated heterocycles. The Morgan fingerprint density at radius 2 is 1.83 bits per heavy atom. The van der Waals surface area contributed by atoms with Crippen LogP contribution >= 0.6 is 23.4 Å². The Bertz CT molecular complexity index is 1190. The Hall–Kier alpha value is -2.92. The number of hydrogen-bond donors (Lipinski definition) is 1. The number of nitrogens with one attached hydrogen (secondary N) is 1. The molecule has 0 aliphatic carbocycles. The number of aromatic nitrogens is 3. The van der Waals surface area contributed by atoms with Crippen molar-refractivity contribution in [1.82, 2.24) is 14.8 Å². The maximum absolute atomic E-state index is 13.3. The number of halogens is 4. The molecule has 0 bridgehead atoms. The fourth-order valence-corrected chi connectivity index (χ4v) is 4.33. The van der Waals surface area contributed by atoms with E-state index in [0.29, 0.717) is 22.5 Å². The van der Waals surface area contributed by atoms with Gasteiger partial charge in [-0.25, -0.2) is 0 Å². The van der Waals surface area contributed by atoms with E-state index < -0.39 is 23.8 Å². The van der Waals surface area contributed by atoms with Gasteiger partial charge in [0.25, 0.3) is 0 Å². The number of benzene rings is 2. The van der Waals surface area contributed by atoms with Gasteiger partial charge in [-0.15, -0.1) is 10.2 Å². The molecule has 2 aromatic carbocycles. The number of thioether (sulfide) groups is 1. The lowest BCUT2D eigenvalue weighted by Gasteiger charge is -2.20. The molecule has 12 heteroatoms. The first-order chi connectivity index (χ1) is 16.5. The predicted octanol–water partition coefficient (Wildman–Crippen LogP) is 6.41. The quantitative estimate of drug-likeness (QED) is 0.323. The van der Waals surface area contributed by atoms with E-state index in [1.165, 1.54) is 6.07 Å². The topological polar surface area (TPSA) is 78.3 Å². The average molecular weight is 529 g/mol. The molecular formula is C23H24ClF3N4O3S. The molecule has 0 radical (unpaired) electrons. The first-order valence-electron chi connectivity index (χ1n) is 10.5. The van der Waals surface area contributed by atoms with E-state index in [1.807, 2.05) is 37.5 Å². The van der Waals surface area contributed by atoms with Gasteiger partial charge in [-0.05, 0) is 51.1 Å². The summed E-state index contributed by atoms with van der Waals surface area (Å²) in [6, 6.07) is 10.3. The number of hydrogen-bond acceptors (Lipinski definition) is 6. The van der Waals surface area contributed by atoms with Crippen LogP contribution < -0.4 is 14.8 Å². The second-order valence-electron chi connectivity index (χ2n) is 7.74. The van der Waals surface area contributed by atoms with Gasteiger partial charge in [0.2, 0.25) is 5.91 Å². The number of carbonyl (C=O) groups excluding carboxylic acids is 1. The molecular weight excluding hydrogens is 505 g/mol. The summed E-state index contributed by atoms with van der Waals surface area (Å²) < 4.78 is 53.1. The van der Waals surface area contributed by atoms with Gasteiger partial charge in [0, 0.05) is 11.1 Å². The predicted molar refractivity (Wildman–Crippen MR) is 128 cm³/mol. The normalized spacial score (nSPS) is 12.5. The van der Waals surface area contributed by atoms with E-state index >= 15 is 0 Å². The minimum absolute atomic E-state index is 0.0672. The van der Waals surface area contributed by atoms with Gasteiger partial charge in [0.15, 0.2) is 28.6 Å². The molecule has 7 nitrogen and oxygen atoms in total. The standard InChI is InChI=1S/C23H24ClF3N4O3S/c1-13(2)31-21(14(3)34-19-8-6-5-7-18(19)33-4)29-30-22(31)35-12-20(32)28-17-10-9-15(24)11-16(17)23(25,26)27/h5-11,13-14H,12H2,1-4H3,(H,28,32). The third kappa shape index (κ3) is 6.61. The second kappa shape index (κ2) is 11.2. The van der Waals surface area contributed by atoms with Crippen LogP contribution in [-0.2, 0) is 11.0 Å². The van der Waals surface area contributed by atoms with E-state index in [-0.39, 0.29) is 22.5 Å². The number of rotatable bonds is 9. The number of nitrogens with zero attached hydrogens (tertiary/aromatic N) is 3. The molecule has 3 rings (SSSR count). The van der Waals surface area contributed by atoms with E-state index in [4.69, 9.17) is 21.1 Å². The molecule has 1 unspecified atom stereocenters. The molecule has 0 aliphatic heterocycles. The zero-order chi connectivity index (χ0) is 25.8. The summed E-state index contributed by atoms with van der Waals surface area (Å²) in [5.41, 5.74) is -1.38. The van der Waals surface area contributed by atoms with Crippen LogP contribution in [-0.4, -0.2) is 33.5 Å². The van der Waals surface area contributed by atoms with Crippen molar-refractivity contribution in [3.63, 3.8) is 0 Å². The van der Waals surface area contributed by atoms with Crippen LogP contribution in [0.4, 0.5) is 18.9 Å². The molecule has 1 aromatic heterocycles. The molecule has 1 atom stereocenters. The first-order valence-corrected chi connectivity index (χ1v) is 11.9. The van der Waals surface area contributed by atoms with Crippen LogP contribution in [0, 0.1) is 0 Å². The van der Waals surface area contributed by atoms with Crippen molar-refractivity contribution < 1.29 is 27.4 Å². The summed E-state index contributed by atoms with van der Waals surface area (Å²) in [6.07, 6.45) is -5.15. The van der Waals surface area contributed by atoms with Gasteiger partial charge in [-0.3, -0.25) is 4.79 Å². The fourth-order valence-electron chi connectivity index (χ4n) is 3.29. The number of para-hydroxylation sites is 2. The Morgan fingerprint density at radius 1 is 1.14 bits per heavy atom. The molecule has 0 fully saturated rings. The summed E-state index contributed by atoms with van der Waals surface area (Å²) in [5, 5.41) is 11.1. The van der Waals surface area contributed by atoms with E-state index in [0.717, 1.165) is 23.9 Å². The summed E-state index contributed by atoms with van der Waals surface area (Å²) >= 11 is 6.75. The van der Waals surface area contributed by atoms with Crippen LogP contribution in [0.5, 0.6) is 11.5 Å². The molecule has 35 heavy (non-hydrogen) atoms. The summed E-state index contributed by atoms with van der Waals surface area (Å²) in [7, 11) is 1.55. The van der Waals surface area contributed by atoms with Gasteiger partial charge in [0.05, 0.1) is 24.1 Å². The monoisotopic (exact) mass is 528 g/mol. The van der Waals surface area contributed by atoms with Crippen molar-refractivity contribution in [1.29, 1.82) is 0 Å². The van der Waals surface area contributed by atoms with Gasteiger partial charge in [-0.1, -0.05) is 35.5 Å². The molecule has 0 saturated carbocycles. The van der Waals surface area contributed by atoms with Crippen LogP contribution in [0.25, 0.3) is 0 Å². The zero-order valence-electron chi connectivity index (χ0n) is 19.4. The number of carbonyl (C=O) groups is 1. The summed E-state index contributed by atoms with van der Waals surface area (Å²) in [4.78, 5) is 12.5. The maximum atomic E-state index is 13.3. The van der Waals surface area contributed by atoms with Crippen LogP contribution in [0.1, 0.15) is 44.3 Å². The molecule has 3 aromatic rings. The highest BCUT2D eigenvalue weighted by molar-refractivity contribution is 7.99. The minimum Gasteiger partial charge on any atom is -0.493 e. The highest BCUT2D eigenvalue weighted by Crippen LogP contribution is 2.37. The SMILES string of the molecule is COc1ccccc1OC(C)c1nnc(SCC(=O)Nc2ccc(Cl)cc2C(F)(F)F)n1C(C)C. The zero-order valence-corrected chi connectivity index (χ0v) is 21.0. The summed E-state index contributed by atoms with van der Waals surface area (Å²) in [6.45, 7) is 5.67. The third-order valence-corrected chi connectivity index (χ3v) is 6.02. The second-order valence-corrected chi connectivity index (χ2v) is 9.12. The average Bonchev–Trinajstić information content (AvgIpc) is 3.23. The lowest BCUT2D eigenvalue weighted by molar-refractivity contribution is -0.137. The van der Waals surface area contributed by atoms with E-state index in [2.05, 4.69) is 15.5 Å². The van der Waals surface area contributed by atoms with Crippen LogP contribution in [0.15, 0.2) is 47.6 Å². The van der Waals surface area contributed by atoms with Crippen molar-refractivity contribution in [3.05, 3.63) is 58.9 Å². The van der Waals surface area contributed by atoms with Gasteiger partial charge in [-0.2, -0.15) is 13.2 Å². The number of amides is 1. The van der Waals surface area contributed by atoms with Gasteiger partial charge < -0.3 is 19.4 Å². The molecule has 1 N–H and O–H groups in total. The lowest BCUT2D eigenvalue weighted by atomic mass is 10.1. The van der Waals surface area contributed by atoms with Crippen LogP contribution in [0.2, 0.25) is 5.02 Å². The van der Waals surface area contributed by atoms with Crippen molar-refractivity contribution in [2.24, 2.45) is 0 Å². The van der Waals surface area contributed by atoms with Crippen molar-refractivity contribution in [3.8, 4) is 11.5 Å². The highest BCUT2D eigenvalue weighted by Gasteiger charge is 2.34. The molecule has 1 amide bonds. The number of methoxy groups -OCH3 is 1. The molecule has 188 valence electrons. The Labute approximate surface area is 210 Å². The van der Waals surface area contributed by atoms with Gasteiger partial charge in [0.1, 0.15) is 0 Å². The van der Waals surface area contributed by atoms with E-state index in [9.17, 15) is 18.0 Å². The smallest absolute Gasteiger partial charge is 0.418 e. The highest BCUT2D eigenvalue weighted by atomic mass is 35.5. The summed E-state index contributed by atoms with van der Waals surface area (Å²) in [5.74, 6) is 0.846. The Balaban J connectivity index is 1.73. The minimum atomic E-state index is -4.66. The lowest BCUT2D eigenvalue weighted by Crippen LogP contribution is -2.19. The van der Waals surface area contributed by atoms with Crippen LogP contribution in [0.3, 0.4) is 0 Å². The van der Waals surface area contributed by atoms with Crippen molar-refractivity contribution in [2.75, 3.05) is 18.2 Å². The first kappa shape index (κ1) is 26.7. The van der Waals surface area contributed by atoms with Gasteiger partial charge >= 0.3 is 6.18 Å². The number of ether oxygens (including phenoxy) is 2. The molecule has 1 heterocycles. The number of anilines is 1. The maximum Gasteiger partial charge on any atom is 0.418 e. The molecule has 0 spiro atoms. The van der Waals surface area contributed by atoms with Crippen molar-refractivity contribution in [2.45, 2.75) is 44.2 Å². The van der Waals surface area contributed by atoms with Crippen molar-refractivity contribution >= 4 is 35.0 Å². The largest absolute Gasteiger partial charge is 0.493 e.